The molecule has 0 heterocycles. The van der Waals surface area contributed by atoms with Crippen LogP contribution in [0.15, 0.2) is 48.5 Å². The van der Waals surface area contributed by atoms with Gasteiger partial charge in [0.1, 0.15) is 19.0 Å². The molecule has 9 heteroatoms. The van der Waals surface area contributed by atoms with Crippen LogP contribution >= 0.6 is 11.6 Å². The molecule has 0 aromatic heterocycles. The van der Waals surface area contributed by atoms with Crippen LogP contribution in [0.1, 0.15) is 11.1 Å². The number of alkyl halides is 3. The lowest BCUT2D eigenvalue weighted by Crippen LogP contribution is -2.37. The highest BCUT2D eigenvalue weighted by Gasteiger charge is 2.27. The van der Waals surface area contributed by atoms with Crippen molar-refractivity contribution < 1.29 is 27.4 Å². The highest BCUT2D eigenvalue weighted by Crippen LogP contribution is 2.17. The minimum atomic E-state index is -4.34. The van der Waals surface area contributed by atoms with Crippen LogP contribution in [-0.4, -0.2) is 32.0 Å². The summed E-state index contributed by atoms with van der Waals surface area (Å²) >= 11 is 5.85. The summed E-state index contributed by atoms with van der Waals surface area (Å²) in [5.41, 5.74) is 1.43. The Labute approximate surface area is 165 Å². The van der Waals surface area contributed by atoms with Crippen LogP contribution in [0.2, 0.25) is 5.02 Å². The molecule has 5 nitrogen and oxygen atoms in total. The summed E-state index contributed by atoms with van der Waals surface area (Å²) in [6.07, 6.45) is -4.34. The predicted molar refractivity (Wildman–Crippen MR) is 99.3 cm³/mol. The summed E-state index contributed by atoms with van der Waals surface area (Å²) in [6.45, 7) is -0.517. The van der Waals surface area contributed by atoms with E-state index in [1.807, 2.05) is 0 Å². The van der Waals surface area contributed by atoms with Crippen molar-refractivity contribution in [2.45, 2.75) is 19.3 Å². The van der Waals surface area contributed by atoms with E-state index in [-0.39, 0.29) is 19.2 Å². The maximum absolute atomic E-state index is 12.0. The number of ether oxygens (including phenoxy) is 2. The van der Waals surface area contributed by atoms with Gasteiger partial charge in [-0.2, -0.15) is 13.2 Å². The summed E-state index contributed by atoms with van der Waals surface area (Å²) in [5, 5.41) is 5.91. The van der Waals surface area contributed by atoms with E-state index < -0.39 is 12.8 Å². The van der Waals surface area contributed by atoms with Gasteiger partial charge in [0.25, 0.3) is 0 Å². The van der Waals surface area contributed by atoms with Crippen LogP contribution in [0, 0.1) is 0 Å². The number of benzene rings is 2. The lowest BCUT2D eigenvalue weighted by molar-refractivity contribution is -0.176. The van der Waals surface area contributed by atoms with E-state index in [2.05, 4.69) is 15.4 Å². The molecule has 0 fully saturated rings. The first-order chi connectivity index (χ1) is 13.3. The Bertz CT molecular complexity index is 755. The quantitative estimate of drug-likeness (QED) is 0.599. The fourth-order valence-corrected chi connectivity index (χ4v) is 2.35. The molecular formula is C19H20ClF3N2O3. The Morgan fingerprint density at radius 2 is 1.75 bits per heavy atom. The second kappa shape index (κ2) is 10.8. The van der Waals surface area contributed by atoms with Crippen molar-refractivity contribution in [1.29, 1.82) is 0 Å². The van der Waals surface area contributed by atoms with Crippen LogP contribution in [0.5, 0.6) is 5.75 Å². The number of halogens is 4. The zero-order valence-corrected chi connectivity index (χ0v) is 15.6. The van der Waals surface area contributed by atoms with Gasteiger partial charge in [-0.15, -0.1) is 0 Å². The molecule has 2 amide bonds. The molecule has 0 saturated heterocycles. The Morgan fingerprint density at radius 1 is 1.04 bits per heavy atom. The molecule has 0 radical (unpaired) electrons. The SMILES string of the molecule is O=C(NCCOc1cccc(Cl)c1)NCc1ccc(COCC(F)(F)F)cc1. The minimum Gasteiger partial charge on any atom is -0.492 e. The molecule has 2 aromatic carbocycles. The monoisotopic (exact) mass is 416 g/mol. The Kier molecular flexibility index (Phi) is 8.41. The largest absolute Gasteiger partial charge is 0.492 e. The van der Waals surface area contributed by atoms with Crippen LogP contribution in [0.4, 0.5) is 18.0 Å². The number of amides is 2. The van der Waals surface area contributed by atoms with E-state index in [0.717, 1.165) is 5.56 Å². The van der Waals surface area contributed by atoms with Crippen molar-refractivity contribution in [2.24, 2.45) is 0 Å². The van der Waals surface area contributed by atoms with Crippen LogP contribution in [0.25, 0.3) is 0 Å². The van der Waals surface area contributed by atoms with Crippen molar-refractivity contribution in [3.05, 3.63) is 64.7 Å². The van der Waals surface area contributed by atoms with Gasteiger partial charge in [-0.3, -0.25) is 0 Å². The molecule has 0 aliphatic rings. The number of hydrogen-bond acceptors (Lipinski definition) is 3. The first kappa shape index (κ1) is 21.8. The third-order valence-electron chi connectivity index (χ3n) is 3.46. The molecule has 0 atom stereocenters. The van der Waals surface area contributed by atoms with E-state index in [4.69, 9.17) is 16.3 Å². The summed E-state index contributed by atoms with van der Waals surface area (Å²) in [6, 6.07) is 13.3. The lowest BCUT2D eigenvalue weighted by atomic mass is 10.1. The zero-order valence-electron chi connectivity index (χ0n) is 14.9. The normalized spacial score (nSPS) is 11.1. The van der Waals surface area contributed by atoms with Gasteiger partial charge in [0, 0.05) is 11.6 Å². The van der Waals surface area contributed by atoms with Crippen LogP contribution < -0.4 is 15.4 Å². The average Bonchev–Trinajstić information content (AvgIpc) is 2.64. The summed E-state index contributed by atoms with van der Waals surface area (Å²) in [4.78, 5) is 11.8. The molecular weight excluding hydrogens is 397 g/mol. The second-order valence-corrected chi connectivity index (χ2v) is 6.28. The number of nitrogens with one attached hydrogen (secondary N) is 2. The predicted octanol–water partition coefficient (Wildman–Crippen LogP) is 4.30. The molecule has 2 rings (SSSR count). The van der Waals surface area contributed by atoms with Gasteiger partial charge in [-0.05, 0) is 29.3 Å². The van der Waals surface area contributed by atoms with Gasteiger partial charge in [0.05, 0.1) is 13.2 Å². The van der Waals surface area contributed by atoms with Gasteiger partial charge < -0.3 is 20.1 Å². The molecule has 152 valence electrons. The van der Waals surface area contributed by atoms with E-state index >= 15 is 0 Å². The molecule has 2 aromatic rings. The van der Waals surface area contributed by atoms with Gasteiger partial charge >= 0.3 is 12.2 Å². The van der Waals surface area contributed by atoms with Crippen molar-refractivity contribution in [1.82, 2.24) is 10.6 Å². The first-order valence-corrected chi connectivity index (χ1v) is 8.82. The van der Waals surface area contributed by atoms with Crippen molar-refractivity contribution in [2.75, 3.05) is 19.8 Å². The number of carbonyl (C=O) groups is 1. The maximum atomic E-state index is 12.0. The van der Waals surface area contributed by atoms with Crippen LogP contribution in [-0.2, 0) is 17.9 Å². The summed E-state index contributed by atoms with van der Waals surface area (Å²) in [7, 11) is 0. The zero-order chi connectivity index (χ0) is 20.4. The third kappa shape index (κ3) is 8.96. The van der Waals surface area contributed by atoms with Gasteiger partial charge in [0.15, 0.2) is 0 Å². The van der Waals surface area contributed by atoms with E-state index in [9.17, 15) is 18.0 Å². The summed E-state index contributed by atoms with van der Waals surface area (Å²) < 4.78 is 46.1. The molecule has 0 bridgehead atoms. The number of urea groups is 1. The van der Waals surface area contributed by atoms with Crippen molar-refractivity contribution >= 4 is 17.6 Å². The third-order valence-corrected chi connectivity index (χ3v) is 3.70. The number of rotatable bonds is 9. The fraction of sp³-hybridized carbons (Fsp3) is 0.316. The van der Waals surface area contributed by atoms with Crippen molar-refractivity contribution in [3.63, 3.8) is 0 Å². The minimum absolute atomic E-state index is 0.125. The highest BCUT2D eigenvalue weighted by molar-refractivity contribution is 6.30. The average molecular weight is 417 g/mol. The fourth-order valence-electron chi connectivity index (χ4n) is 2.17. The van der Waals surface area contributed by atoms with Gasteiger partial charge in [0.2, 0.25) is 0 Å². The van der Waals surface area contributed by atoms with E-state index in [1.165, 1.54) is 0 Å². The van der Waals surface area contributed by atoms with Crippen LogP contribution in [0.3, 0.4) is 0 Å². The van der Waals surface area contributed by atoms with Gasteiger partial charge in [-0.1, -0.05) is 41.9 Å². The van der Waals surface area contributed by atoms with E-state index in [0.29, 0.717) is 29.5 Å². The lowest BCUT2D eigenvalue weighted by Gasteiger charge is -2.10. The van der Waals surface area contributed by atoms with E-state index in [1.54, 1.807) is 48.5 Å². The topological polar surface area (TPSA) is 59.6 Å². The smallest absolute Gasteiger partial charge is 0.411 e. The van der Waals surface area contributed by atoms with Crippen molar-refractivity contribution in [3.8, 4) is 5.75 Å². The molecule has 0 spiro atoms. The molecule has 0 unspecified atom stereocenters. The molecule has 0 aliphatic heterocycles. The molecule has 0 saturated carbocycles. The first-order valence-electron chi connectivity index (χ1n) is 8.44. The Morgan fingerprint density at radius 3 is 2.43 bits per heavy atom. The number of hydrogen-bond donors (Lipinski definition) is 2. The Balaban J connectivity index is 1.61. The van der Waals surface area contributed by atoms with Gasteiger partial charge in [-0.25, -0.2) is 4.79 Å². The molecule has 28 heavy (non-hydrogen) atoms. The molecule has 2 N–H and O–H groups in total. The highest BCUT2D eigenvalue weighted by atomic mass is 35.5. The maximum Gasteiger partial charge on any atom is 0.411 e. The standard InChI is InChI=1S/C19H20ClF3N2O3/c20-16-2-1-3-17(10-16)28-9-8-24-18(26)25-11-14-4-6-15(7-5-14)12-27-13-19(21,22)23/h1-7,10H,8-9,11-13H2,(H2,24,25,26). The number of carbonyl (C=O) groups excluding carboxylic acids is 1. The Hall–Kier alpha value is -2.45. The summed E-state index contributed by atoms with van der Waals surface area (Å²) in [5.74, 6) is 0.619. The second-order valence-electron chi connectivity index (χ2n) is 5.84. The molecule has 0 aliphatic carbocycles.